The zero-order valence-electron chi connectivity index (χ0n) is 18.6. The Morgan fingerprint density at radius 3 is 2.63 bits per heavy atom. The van der Waals surface area contributed by atoms with Crippen molar-refractivity contribution in [3.8, 4) is 11.5 Å². The van der Waals surface area contributed by atoms with Gasteiger partial charge in [-0.25, -0.2) is 4.79 Å². The maximum atomic E-state index is 12.8. The summed E-state index contributed by atoms with van der Waals surface area (Å²) in [6.45, 7) is 1.17. The summed E-state index contributed by atoms with van der Waals surface area (Å²) in [6.07, 6.45) is 1.50. The predicted octanol–water partition coefficient (Wildman–Crippen LogP) is 4.73. The number of para-hydroxylation sites is 1. The fraction of sp³-hybridized carbons (Fsp3) is 0.217. The van der Waals surface area contributed by atoms with Crippen molar-refractivity contribution in [1.29, 1.82) is 0 Å². The minimum absolute atomic E-state index is 0.128. The second-order valence-corrected chi connectivity index (χ2v) is 9.17. The van der Waals surface area contributed by atoms with Gasteiger partial charge in [0.05, 0.1) is 29.3 Å². The zero-order chi connectivity index (χ0) is 25.5. The molecule has 3 amide bonds. The number of imide groups is 1. The van der Waals surface area contributed by atoms with Crippen molar-refractivity contribution in [2.75, 3.05) is 32.2 Å². The standard InChI is InChI=1S/C23H20BrClN2O7S/c1-3-33-21(29)12-34-18-10-14(24)13(8-17(18)32-2)9-19-22(30)27(23(31)35-19)11-20(28)26-16-7-5-4-6-15(16)25/h4-10H,3,11-12H2,1-2H3,(H,26,28)/b19-9+. The largest absolute Gasteiger partial charge is 0.493 e. The van der Waals surface area contributed by atoms with E-state index < -0.39 is 29.6 Å². The lowest BCUT2D eigenvalue weighted by molar-refractivity contribution is -0.145. The van der Waals surface area contributed by atoms with Gasteiger partial charge in [-0.1, -0.05) is 39.7 Å². The predicted molar refractivity (Wildman–Crippen MR) is 136 cm³/mol. The molecule has 9 nitrogen and oxygen atoms in total. The number of benzene rings is 2. The van der Waals surface area contributed by atoms with Crippen LogP contribution >= 0.6 is 39.3 Å². The number of anilines is 1. The highest BCUT2D eigenvalue weighted by Crippen LogP contribution is 2.38. The smallest absolute Gasteiger partial charge is 0.344 e. The van der Waals surface area contributed by atoms with Gasteiger partial charge in [-0.2, -0.15) is 0 Å². The summed E-state index contributed by atoms with van der Waals surface area (Å²) in [4.78, 5) is 50.2. The monoisotopic (exact) mass is 582 g/mol. The van der Waals surface area contributed by atoms with Crippen LogP contribution in [-0.4, -0.2) is 54.8 Å². The van der Waals surface area contributed by atoms with Crippen LogP contribution < -0.4 is 14.8 Å². The fourth-order valence-electron chi connectivity index (χ4n) is 2.95. The molecule has 0 spiro atoms. The first-order valence-corrected chi connectivity index (χ1v) is 12.2. The molecule has 1 heterocycles. The number of esters is 1. The number of rotatable bonds is 9. The normalized spacial score (nSPS) is 14.3. The van der Waals surface area contributed by atoms with Crippen molar-refractivity contribution >= 4 is 74.1 Å². The molecule has 1 aliphatic heterocycles. The van der Waals surface area contributed by atoms with Crippen LogP contribution in [0.2, 0.25) is 5.02 Å². The number of hydrogen-bond donors (Lipinski definition) is 1. The maximum absolute atomic E-state index is 12.8. The number of ether oxygens (including phenoxy) is 3. The van der Waals surface area contributed by atoms with E-state index in [4.69, 9.17) is 25.8 Å². The number of carbonyl (C=O) groups is 4. The summed E-state index contributed by atoms with van der Waals surface area (Å²) in [5.41, 5.74) is 0.902. The molecule has 0 aromatic heterocycles. The van der Waals surface area contributed by atoms with Gasteiger partial charge >= 0.3 is 5.97 Å². The van der Waals surface area contributed by atoms with Crippen molar-refractivity contribution in [2.45, 2.75) is 6.92 Å². The van der Waals surface area contributed by atoms with Gasteiger partial charge in [-0.3, -0.25) is 19.3 Å². The Bertz CT molecular complexity index is 1200. The summed E-state index contributed by atoms with van der Waals surface area (Å²) in [5.74, 6) is -1.10. The molecule has 1 N–H and O–H groups in total. The minimum Gasteiger partial charge on any atom is -0.493 e. The first-order valence-electron chi connectivity index (χ1n) is 10.2. The number of nitrogens with one attached hydrogen (secondary N) is 1. The van der Waals surface area contributed by atoms with E-state index in [2.05, 4.69) is 21.2 Å². The molecular formula is C23H20BrClN2O7S. The molecule has 3 rings (SSSR count). The second-order valence-electron chi connectivity index (χ2n) is 6.91. The molecule has 2 aromatic rings. The highest BCUT2D eigenvalue weighted by molar-refractivity contribution is 9.10. The lowest BCUT2D eigenvalue weighted by atomic mass is 10.2. The number of nitrogens with zero attached hydrogens (tertiary/aromatic N) is 1. The third-order valence-electron chi connectivity index (χ3n) is 4.54. The van der Waals surface area contributed by atoms with Crippen LogP contribution in [0.5, 0.6) is 11.5 Å². The van der Waals surface area contributed by atoms with Crippen LogP contribution in [0.1, 0.15) is 12.5 Å². The average molecular weight is 584 g/mol. The van der Waals surface area contributed by atoms with E-state index in [0.29, 0.717) is 38.3 Å². The minimum atomic E-state index is -0.609. The molecular weight excluding hydrogens is 564 g/mol. The molecule has 0 radical (unpaired) electrons. The van der Waals surface area contributed by atoms with Gasteiger partial charge in [0.2, 0.25) is 5.91 Å². The van der Waals surface area contributed by atoms with E-state index >= 15 is 0 Å². The van der Waals surface area contributed by atoms with Gasteiger partial charge in [0.15, 0.2) is 18.1 Å². The third-order valence-corrected chi connectivity index (χ3v) is 6.47. The van der Waals surface area contributed by atoms with E-state index in [1.54, 1.807) is 43.3 Å². The Balaban J connectivity index is 1.74. The number of carbonyl (C=O) groups excluding carboxylic acids is 4. The third kappa shape index (κ3) is 6.77. The van der Waals surface area contributed by atoms with Crippen LogP contribution in [0.3, 0.4) is 0 Å². The van der Waals surface area contributed by atoms with Crippen LogP contribution in [0.25, 0.3) is 6.08 Å². The summed E-state index contributed by atoms with van der Waals surface area (Å²) in [7, 11) is 1.43. The van der Waals surface area contributed by atoms with Crippen molar-refractivity contribution in [3.05, 3.63) is 56.4 Å². The quantitative estimate of drug-likeness (QED) is 0.333. The molecule has 0 bridgehead atoms. The maximum Gasteiger partial charge on any atom is 0.344 e. The van der Waals surface area contributed by atoms with Gasteiger partial charge in [-0.05, 0) is 54.6 Å². The van der Waals surface area contributed by atoms with E-state index in [9.17, 15) is 19.2 Å². The highest BCUT2D eigenvalue weighted by atomic mass is 79.9. The Hall–Kier alpha value is -3.02. The van der Waals surface area contributed by atoms with E-state index in [-0.39, 0.29) is 23.9 Å². The fourth-order valence-corrected chi connectivity index (χ4v) is 4.40. The van der Waals surface area contributed by atoms with Crippen LogP contribution in [0, 0.1) is 0 Å². The van der Waals surface area contributed by atoms with Crippen molar-refractivity contribution < 1.29 is 33.4 Å². The van der Waals surface area contributed by atoms with Crippen molar-refractivity contribution in [2.24, 2.45) is 0 Å². The van der Waals surface area contributed by atoms with Gasteiger partial charge in [-0.15, -0.1) is 0 Å². The molecule has 0 atom stereocenters. The van der Waals surface area contributed by atoms with Gasteiger partial charge in [0.25, 0.3) is 11.1 Å². The average Bonchev–Trinajstić information content (AvgIpc) is 3.08. The molecule has 1 fully saturated rings. The van der Waals surface area contributed by atoms with Crippen LogP contribution in [0.4, 0.5) is 10.5 Å². The summed E-state index contributed by atoms with van der Waals surface area (Å²) >= 11 is 10.1. The molecule has 184 valence electrons. The van der Waals surface area contributed by atoms with Crippen molar-refractivity contribution in [1.82, 2.24) is 4.90 Å². The van der Waals surface area contributed by atoms with Gasteiger partial charge in [0.1, 0.15) is 6.54 Å². The lowest BCUT2D eigenvalue weighted by Crippen LogP contribution is -2.36. The van der Waals surface area contributed by atoms with Crippen molar-refractivity contribution in [3.63, 3.8) is 0 Å². The summed E-state index contributed by atoms with van der Waals surface area (Å²) in [6, 6.07) is 9.79. The molecule has 0 unspecified atom stereocenters. The van der Waals surface area contributed by atoms with Gasteiger partial charge in [0, 0.05) is 4.47 Å². The molecule has 2 aromatic carbocycles. The Morgan fingerprint density at radius 2 is 1.94 bits per heavy atom. The first kappa shape index (κ1) is 26.6. The topological polar surface area (TPSA) is 111 Å². The summed E-state index contributed by atoms with van der Waals surface area (Å²) < 4.78 is 16.2. The lowest BCUT2D eigenvalue weighted by Gasteiger charge is -2.13. The number of amides is 3. The zero-order valence-corrected chi connectivity index (χ0v) is 21.8. The Morgan fingerprint density at radius 1 is 1.20 bits per heavy atom. The number of methoxy groups -OCH3 is 1. The Kier molecular flexibility index (Phi) is 9.19. The van der Waals surface area contributed by atoms with Crippen LogP contribution in [-0.2, 0) is 19.1 Å². The molecule has 0 saturated carbocycles. The van der Waals surface area contributed by atoms with E-state index in [1.165, 1.54) is 13.2 Å². The SMILES string of the molecule is CCOC(=O)COc1cc(Br)c(/C=C2/SC(=O)N(CC(=O)Nc3ccccc3Cl)C2=O)cc1OC. The number of hydrogen-bond acceptors (Lipinski definition) is 8. The Labute approximate surface area is 218 Å². The van der Waals surface area contributed by atoms with E-state index in [1.807, 2.05) is 0 Å². The first-order chi connectivity index (χ1) is 16.7. The number of halogens is 2. The molecule has 35 heavy (non-hydrogen) atoms. The highest BCUT2D eigenvalue weighted by Gasteiger charge is 2.36. The molecule has 1 saturated heterocycles. The second kappa shape index (κ2) is 12.1. The number of thioether (sulfide) groups is 1. The summed E-state index contributed by atoms with van der Waals surface area (Å²) in [5, 5.41) is 2.34. The molecule has 1 aliphatic rings. The van der Waals surface area contributed by atoms with Gasteiger partial charge < -0.3 is 19.5 Å². The molecule has 12 heteroatoms. The molecule has 0 aliphatic carbocycles. The van der Waals surface area contributed by atoms with E-state index in [0.717, 1.165) is 4.90 Å². The van der Waals surface area contributed by atoms with Crippen LogP contribution in [0.15, 0.2) is 45.8 Å².